The summed E-state index contributed by atoms with van der Waals surface area (Å²) in [6.07, 6.45) is -0.664. The molecule has 0 bridgehead atoms. The van der Waals surface area contributed by atoms with Crippen molar-refractivity contribution in [1.29, 1.82) is 0 Å². The van der Waals surface area contributed by atoms with Crippen LogP contribution < -0.4 is 22.1 Å². The molecule has 1 aromatic rings. The quantitative estimate of drug-likeness (QED) is 0.333. The second-order valence-corrected chi connectivity index (χ2v) is 6.72. The number of amides is 2. The maximum absolute atomic E-state index is 12.3. The molecule has 7 N–H and O–H groups in total. The molecule has 0 unspecified atom stereocenters. The van der Waals surface area contributed by atoms with E-state index in [0.717, 1.165) is 0 Å². The lowest BCUT2D eigenvalue weighted by atomic mass is 10.0. The van der Waals surface area contributed by atoms with Crippen LogP contribution in [0.4, 0.5) is 10.5 Å². The number of aliphatic carboxylic acids is 1. The van der Waals surface area contributed by atoms with Crippen LogP contribution >= 0.6 is 0 Å². The number of guanidine groups is 1. The number of nitrogens with zero attached hydrogens (tertiary/aromatic N) is 1. The molecule has 1 atom stereocenters. The van der Waals surface area contributed by atoms with Crippen LogP contribution in [0.2, 0.25) is 0 Å². The van der Waals surface area contributed by atoms with E-state index in [1.807, 2.05) is 0 Å². The summed E-state index contributed by atoms with van der Waals surface area (Å²) in [5.41, 5.74) is 11.1. The smallest absolute Gasteiger partial charge is 0.408 e. The highest BCUT2D eigenvalue weighted by Crippen LogP contribution is 2.14. The molecule has 10 heteroatoms. The molecule has 0 aliphatic heterocycles. The van der Waals surface area contributed by atoms with Gasteiger partial charge in [0, 0.05) is 6.42 Å². The van der Waals surface area contributed by atoms with Crippen LogP contribution in [0.1, 0.15) is 26.3 Å². The minimum absolute atomic E-state index is 0.0831. The van der Waals surface area contributed by atoms with Crippen molar-refractivity contribution in [1.82, 2.24) is 10.6 Å². The molecule has 0 aliphatic carbocycles. The van der Waals surface area contributed by atoms with E-state index in [1.165, 1.54) is 0 Å². The zero-order valence-electron chi connectivity index (χ0n) is 15.5. The number of nitrogens with one attached hydrogen (secondary N) is 2. The molecule has 27 heavy (non-hydrogen) atoms. The number of carboxylic acids is 1. The second kappa shape index (κ2) is 9.41. The second-order valence-electron chi connectivity index (χ2n) is 6.72. The first kappa shape index (κ1) is 21.7. The van der Waals surface area contributed by atoms with E-state index in [1.54, 1.807) is 45.0 Å². The fourth-order valence-electron chi connectivity index (χ4n) is 2.04. The number of benzene rings is 1. The SMILES string of the molecule is CC(C)(C)OC(=O)N[C@@H](Cc1ccc(N=C(N)N)cc1)C(=O)NCC(=O)O. The van der Waals surface area contributed by atoms with Crippen molar-refractivity contribution in [2.75, 3.05) is 6.54 Å². The molecule has 1 aromatic carbocycles. The highest BCUT2D eigenvalue weighted by Gasteiger charge is 2.25. The molecule has 10 nitrogen and oxygen atoms in total. The van der Waals surface area contributed by atoms with Crippen LogP contribution in [0.5, 0.6) is 0 Å². The molecule has 0 fully saturated rings. The van der Waals surface area contributed by atoms with Gasteiger partial charge >= 0.3 is 12.1 Å². The van der Waals surface area contributed by atoms with E-state index in [9.17, 15) is 14.4 Å². The van der Waals surface area contributed by atoms with Crippen LogP contribution in [-0.2, 0) is 20.7 Å². The Kier molecular flexibility index (Phi) is 7.58. The summed E-state index contributed by atoms with van der Waals surface area (Å²) in [7, 11) is 0. The number of hydrogen-bond acceptors (Lipinski definition) is 5. The van der Waals surface area contributed by atoms with E-state index in [-0.39, 0.29) is 12.4 Å². The third-order valence-corrected chi connectivity index (χ3v) is 3.06. The molecule has 1 rings (SSSR count). The number of nitrogens with two attached hydrogens (primary N) is 2. The molecule has 0 radical (unpaired) electrons. The summed E-state index contributed by atoms with van der Waals surface area (Å²) in [5.74, 6) is -1.92. The Morgan fingerprint density at radius 1 is 1.19 bits per heavy atom. The van der Waals surface area contributed by atoms with Gasteiger partial charge in [0.15, 0.2) is 5.96 Å². The third kappa shape index (κ3) is 9.10. The standard InChI is InChI=1S/C17H25N5O5/c1-17(2,3)27-16(26)22-12(14(25)20-9-13(23)24)8-10-4-6-11(7-5-10)21-15(18)19/h4-7,12H,8-9H2,1-3H3,(H,20,25)(H,22,26)(H,23,24)(H4,18,19,21)/t12-/m0/s1. The summed E-state index contributed by atoms with van der Waals surface area (Å²) in [6.45, 7) is 4.51. The van der Waals surface area contributed by atoms with Gasteiger partial charge in [-0.2, -0.15) is 0 Å². The van der Waals surface area contributed by atoms with Gasteiger partial charge in [0.25, 0.3) is 0 Å². The van der Waals surface area contributed by atoms with Gasteiger partial charge in [0.2, 0.25) is 5.91 Å². The first-order chi connectivity index (χ1) is 12.5. The molecule has 0 saturated carbocycles. The average molecular weight is 379 g/mol. The first-order valence-corrected chi connectivity index (χ1v) is 8.14. The molecular formula is C17H25N5O5. The highest BCUT2D eigenvalue weighted by molar-refractivity contribution is 5.88. The molecular weight excluding hydrogens is 354 g/mol. The van der Waals surface area contributed by atoms with E-state index < -0.39 is 36.2 Å². The van der Waals surface area contributed by atoms with Crippen molar-refractivity contribution in [3.05, 3.63) is 29.8 Å². The van der Waals surface area contributed by atoms with E-state index in [2.05, 4.69) is 15.6 Å². The predicted octanol–water partition coefficient (Wildman–Crippen LogP) is 0.228. The number of hydrogen-bond donors (Lipinski definition) is 5. The van der Waals surface area contributed by atoms with Gasteiger partial charge in [-0.05, 0) is 38.5 Å². The Labute approximate surface area is 157 Å². The van der Waals surface area contributed by atoms with Crippen molar-refractivity contribution in [3.8, 4) is 0 Å². The Morgan fingerprint density at radius 2 is 1.78 bits per heavy atom. The van der Waals surface area contributed by atoms with Gasteiger partial charge in [0.1, 0.15) is 18.2 Å². The van der Waals surface area contributed by atoms with Gasteiger partial charge in [0.05, 0.1) is 5.69 Å². The van der Waals surface area contributed by atoms with Crippen LogP contribution in [-0.4, -0.2) is 47.2 Å². The fraction of sp³-hybridized carbons (Fsp3) is 0.412. The maximum atomic E-state index is 12.3. The molecule has 148 valence electrons. The molecule has 0 heterocycles. The third-order valence-electron chi connectivity index (χ3n) is 3.06. The van der Waals surface area contributed by atoms with Crippen molar-refractivity contribution in [2.45, 2.75) is 38.8 Å². The van der Waals surface area contributed by atoms with Crippen LogP contribution in [0.25, 0.3) is 0 Å². The molecule has 0 saturated heterocycles. The lowest BCUT2D eigenvalue weighted by Crippen LogP contribution is -2.50. The molecule has 0 aliphatic rings. The van der Waals surface area contributed by atoms with Gasteiger partial charge in [-0.25, -0.2) is 9.79 Å². The normalized spacial score (nSPS) is 11.8. The number of carboxylic acid groups (broad SMARTS) is 1. The molecule has 2 amide bonds. The molecule has 0 aromatic heterocycles. The Hall–Kier alpha value is -3.30. The fourth-order valence-corrected chi connectivity index (χ4v) is 2.04. The van der Waals surface area contributed by atoms with E-state index >= 15 is 0 Å². The minimum atomic E-state index is -1.19. The summed E-state index contributed by atoms with van der Waals surface area (Å²) in [5, 5.41) is 13.4. The number of aliphatic imine (C=N–C) groups is 1. The van der Waals surface area contributed by atoms with Gasteiger partial charge in [-0.15, -0.1) is 0 Å². The summed E-state index contributed by atoms with van der Waals surface area (Å²) < 4.78 is 5.15. The van der Waals surface area contributed by atoms with Crippen molar-refractivity contribution < 1.29 is 24.2 Å². The average Bonchev–Trinajstić information content (AvgIpc) is 2.51. The number of alkyl carbamates (subject to hydrolysis) is 1. The number of carbonyl (C=O) groups is 3. The van der Waals surface area contributed by atoms with Gasteiger partial charge in [-0.3, -0.25) is 9.59 Å². The maximum Gasteiger partial charge on any atom is 0.408 e. The van der Waals surface area contributed by atoms with E-state index in [0.29, 0.717) is 11.3 Å². The van der Waals surface area contributed by atoms with Crippen molar-refractivity contribution >= 4 is 29.6 Å². The zero-order valence-corrected chi connectivity index (χ0v) is 15.5. The Morgan fingerprint density at radius 3 is 2.26 bits per heavy atom. The van der Waals surface area contributed by atoms with Crippen molar-refractivity contribution in [2.24, 2.45) is 16.5 Å². The zero-order chi connectivity index (χ0) is 20.6. The van der Waals surface area contributed by atoms with Crippen LogP contribution in [0.3, 0.4) is 0 Å². The number of carbonyl (C=O) groups excluding carboxylic acids is 2. The largest absolute Gasteiger partial charge is 0.480 e. The van der Waals surface area contributed by atoms with E-state index in [4.69, 9.17) is 21.3 Å². The first-order valence-electron chi connectivity index (χ1n) is 8.14. The topological polar surface area (TPSA) is 169 Å². The van der Waals surface area contributed by atoms with Gasteiger partial charge < -0.3 is 31.9 Å². The Bertz CT molecular complexity index is 705. The lowest BCUT2D eigenvalue weighted by Gasteiger charge is -2.23. The summed E-state index contributed by atoms with van der Waals surface area (Å²) in [4.78, 5) is 38.8. The summed E-state index contributed by atoms with van der Waals surface area (Å²) >= 11 is 0. The van der Waals surface area contributed by atoms with Crippen molar-refractivity contribution in [3.63, 3.8) is 0 Å². The highest BCUT2D eigenvalue weighted by atomic mass is 16.6. The van der Waals surface area contributed by atoms with Crippen LogP contribution in [0.15, 0.2) is 29.3 Å². The minimum Gasteiger partial charge on any atom is -0.480 e. The molecule has 0 spiro atoms. The lowest BCUT2D eigenvalue weighted by molar-refractivity contribution is -0.138. The Balaban J connectivity index is 2.89. The van der Waals surface area contributed by atoms with Gasteiger partial charge in [-0.1, -0.05) is 12.1 Å². The number of rotatable bonds is 7. The summed E-state index contributed by atoms with van der Waals surface area (Å²) in [6, 6.07) is 5.66. The monoisotopic (exact) mass is 379 g/mol. The van der Waals surface area contributed by atoms with Crippen LogP contribution in [0, 0.1) is 0 Å². The number of ether oxygens (including phenoxy) is 1. The predicted molar refractivity (Wildman–Crippen MR) is 99.4 cm³/mol.